The van der Waals surface area contributed by atoms with Crippen molar-refractivity contribution in [2.45, 2.75) is 17.3 Å². The Morgan fingerprint density at radius 2 is 2.10 bits per heavy atom. The largest absolute Gasteiger partial charge is 0.348 e. The molecule has 0 saturated heterocycles. The van der Waals surface area contributed by atoms with Crippen LogP contribution in [0.15, 0.2) is 33.9 Å². The fourth-order valence-corrected chi connectivity index (χ4v) is 2.99. The van der Waals surface area contributed by atoms with Crippen LogP contribution < -0.4 is 0 Å². The SMILES string of the molecule is C[C@@H](Sc1n[nH]c(-c2ccccc2Br)n1)C(=O)N(C)C. The summed E-state index contributed by atoms with van der Waals surface area (Å²) in [6.45, 7) is 1.85. The van der Waals surface area contributed by atoms with Crippen molar-refractivity contribution < 1.29 is 4.79 Å². The lowest BCUT2D eigenvalue weighted by atomic mass is 10.2. The van der Waals surface area contributed by atoms with Crippen molar-refractivity contribution in [2.24, 2.45) is 0 Å². The molecule has 1 aromatic carbocycles. The number of carbonyl (C=O) groups is 1. The lowest BCUT2D eigenvalue weighted by molar-refractivity contribution is -0.127. The maximum Gasteiger partial charge on any atom is 0.235 e. The second-order valence-corrected chi connectivity index (χ2v) is 6.60. The normalized spacial score (nSPS) is 12.2. The van der Waals surface area contributed by atoms with Crippen molar-refractivity contribution in [3.8, 4) is 11.4 Å². The quantitative estimate of drug-likeness (QED) is 0.857. The molecule has 0 aliphatic rings. The number of hydrogen-bond acceptors (Lipinski definition) is 4. The van der Waals surface area contributed by atoms with Gasteiger partial charge in [0.2, 0.25) is 11.1 Å². The van der Waals surface area contributed by atoms with Gasteiger partial charge >= 0.3 is 0 Å². The molecule has 2 aromatic rings. The highest BCUT2D eigenvalue weighted by molar-refractivity contribution is 9.10. The Bertz CT molecular complexity index is 614. The molecule has 1 N–H and O–H groups in total. The zero-order chi connectivity index (χ0) is 14.7. The monoisotopic (exact) mass is 354 g/mol. The van der Waals surface area contributed by atoms with E-state index in [2.05, 4.69) is 31.1 Å². The number of H-pyrrole nitrogens is 1. The van der Waals surface area contributed by atoms with E-state index in [0.717, 1.165) is 10.0 Å². The van der Waals surface area contributed by atoms with Crippen LogP contribution in [-0.2, 0) is 4.79 Å². The van der Waals surface area contributed by atoms with Crippen LogP contribution in [0.25, 0.3) is 11.4 Å². The van der Waals surface area contributed by atoms with Crippen LogP contribution in [0.5, 0.6) is 0 Å². The molecule has 0 fully saturated rings. The van der Waals surface area contributed by atoms with Crippen molar-refractivity contribution in [1.82, 2.24) is 20.1 Å². The number of carbonyl (C=O) groups excluding carboxylic acids is 1. The van der Waals surface area contributed by atoms with Crippen molar-refractivity contribution >= 4 is 33.6 Å². The van der Waals surface area contributed by atoms with Crippen molar-refractivity contribution in [2.75, 3.05) is 14.1 Å². The average molecular weight is 355 g/mol. The Hall–Kier alpha value is -1.34. The Kier molecular flexibility index (Phi) is 4.82. The maximum atomic E-state index is 11.8. The van der Waals surface area contributed by atoms with E-state index in [-0.39, 0.29) is 11.2 Å². The Balaban J connectivity index is 2.14. The molecule has 1 aromatic heterocycles. The molecule has 7 heteroatoms. The Morgan fingerprint density at radius 3 is 2.75 bits per heavy atom. The van der Waals surface area contributed by atoms with E-state index in [1.54, 1.807) is 19.0 Å². The van der Waals surface area contributed by atoms with E-state index < -0.39 is 0 Å². The van der Waals surface area contributed by atoms with E-state index >= 15 is 0 Å². The van der Waals surface area contributed by atoms with Gasteiger partial charge in [0.1, 0.15) is 0 Å². The van der Waals surface area contributed by atoms with Gasteiger partial charge in [0.05, 0.1) is 5.25 Å². The summed E-state index contributed by atoms with van der Waals surface area (Å²) < 4.78 is 0.949. The highest BCUT2D eigenvalue weighted by atomic mass is 79.9. The van der Waals surface area contributed by atoms with E-state index in [1.807, 2.05) is 31.2 Å². The topological polar surface area (TPSA) is 61.9 Å². The molecule has 20 heavy (non-hydrogen) atoms. The molecule has 1 heterocycles. The van der Waals surface area contributed by atoms with Crippen LogP contribution in [0.2, 0.25) is 0 Å². The third-order valence-electron chi connectivity index (χ3n) is 2.66. The molecule has 0 bridgehead atoms. The third kappa shape index (κ3) is 3.40. The molecule has 0 unspecified atom stereocenters. The van der Waals surface area contributed by atoms with Crippen molar-refractivity contribution in [1.29, 1.82) is 0 Å². The summed E-state index contributed by atoms with van der Waals surface area (Å²) in [7, 11) is 3.48. The smallest absolute Gasteiger partial charge is 0.235 e. The number of nitrogens with zero attached hydrogens (tertiary/aromatic N) is 3. The van der Waals surface area contributed by atoms with Gasteiger partial charge in [0, 0.05) is 24.1 Å². The summed E-state index contributed by atoms with van der Waals surface area (Å²) in [5, 5.41) is 7.40. The van der Waals surface area contributed by atoms with Gasteiger partial charge in [-0.2, -0.15) is 0 Å². The van der Waals surface area contributed by atoms with E-state index in [1.165, 1.54) is 11.8 Å². The predicted molar refractivity (Wildman–Crippen MR) is 83.5 cm³/mol. The molecular weight excluding hydrogens is 340 g/mol. The van der Waals surface area contributed by atoms with Gasteiger partial charge in [-0.1, -0.05) is 45.9 Å². The molecule has 0 radical (unpaired) electrons. The zero-order valence-electron chi connectivity index (χ0n) is 11.4. The van der Waals surface area contributed by atoms with E-state index in [9.17, 15) is 4.79 Å². The van der Waals surface area contributed by atoms with Gasteiger partial charge in [-0.25, -0.2) is 4.98 Å². The summed E-state index contributed by atoms with van der Waals surface area (Å²) in [6, 6.07) is 7.78. The standard InChI is InChI=1S/C13H15BrN4OS/c1-8(12(19)18(2)3)20-13-15-11(16-17-13)9-6-4-5-7-10(9)14/h4-8H,1-3H3,(H,15,16,17)/t8-/m1/s1. The number of halogens is 1. The summed E-state index contributed by atoms with van der Waals surface area (Å²) in [4.78, 5) is 17.8. The lowest BCUT2D eigenvalue weighted by Gasteiger charge is -2.14. The average Bonchev–Trinajstić information content (AvgIpc) is 2.86. The highest BCUT2D eigenvalue weighted by Crippen LogP contribution is 2.27. The van der Waals surface area contributed by atoms with Crippen LogP contribution in [0.4, 0.5) is 0 Å². The number of hydrogen-bond donors (Lipinski definition) is 1. The van der Waals surface area contributed by atoms with Gasteiger partial charge < -0.3 is 4.90 Å². The molecule has 0 aliphatic heterocycles. The van der Waals surface area contributed by atoms with Crippen LogP contribution in [-0.4, -0.2) is 45.3 Å². The van der Waals surface area contributed by atoms with E-state index in [0.29, 0.717) is 11.0 Å². The fraction of sp³-hybridized carbons (Fsp3) is 0.308. The van der Waals surface area contributed by atoms with E-state index in [4.69, 9.17) is 0 Å². The van der Waals surface area contributed by atoms with Crippen molar-refractivity contribution in [3.05, 3.63) is 28.7 Å². The van der Waals surface area contributed by atoms with Gasteiger partial charge in [-0.05, 0) is 13.0 Å². The zero-order valence-corrected chi connectivity index (χ0v) is 13.8. The van der Waals surface area contributed by atoms with Gasteiger partial charge in [-0.15, -0.1) is 5.10 Å². The molecule has 106 valence electrons. The minimum absolute atomic E-state index is 0.0437. The number of aromatic amines is 1. The number of amides is 1. The lowest BCUT2D eigenvalue weighted by Crippen LogP contribution is -2.29. The number of thioether (sulfide) groups is 1. The molecule has 1 atom stereocenters. The number of nitrogens with one attached hydrogen (secondary N) is 1. The van der Waals surface area contributed by atoms with Crippen molar-refractivity contribution in [3.63, 3.8) is 0 Å². The molecule has 0 aliphatic carbocycles. The fourth-order valence-electron chi connectivity index (χ4n) is 1.64. The van der Waals surface area contributed by atoms with Crippen LogP contribution in [0, 0.1) is 0 Å². The molecule has 0 saturated carbocycles. The first-order valence-electron chi connectivity index (χ1n) is 6.04. The Labute approximate surface area is 130 Å². The summed E-state index contributed by atoms with van der Waals surface area (Å²) >= 11 is 4.82. The number of aromatic nitrogens is 3. The minimum atomic E-state index is -0.215. The first-order chi connectivity index (χ1) is 9.49. The number of benzene rings is 1. The van der Waals surface area contributed by atoms with Crippen LogP contribution in [0.3, 0.4) is 0 Å². The predicted octanol–water partition coefficient (Wildman–Crippen LogP) is 2.80. The first kappa shape index (κ1) is 15.1. The summed E-state index contributed by atoms with van der Waals surface area (Å²) in [5.41, 5.74) is 0.943. The highest BCUT2D eigenvalue weighted by Gasteiger charge is 2.19. The molecule has 0 spiro atoms. The first-order valence-corrected chi connectivity index (χ1v) is 7.71. The second-order valence-electron chi connectivity index (χ2n) is 4.44. The van der Waals surface area contributed by atoms with Crippen LogP contribution in [0.1, 0.15) is 6.92 Å². The molecule has 5 nitrogen and oxygen atoms in total. The van der Waals surface area contributed by atoms with Gasteiger partial charge in [-0.3, -0.25) is 9.89 Å². The summed E-state index contributed by atoms with van der Waals surface area (Å²) in [5.74, 6) is 0.728. The molecule has 1 amide bonds. The summed E-state index contributed by atoms with van der Waals surface area (Å²) in [6.07, 6.45) is 0. The van der Waals surface area contributed by atoms with Gasteiger partial charge in [0.15, 0.2) is 5.82 Å². The second kappa shape index (κ2) is 6.41. The Morgan fingerprint density at radius 1 is 1.40 bits per heavy atom. The third-order valence-corrected chi connectivity index (χ3v) is 4.30. The molecule has 2 rings (SSSR count). The van der Waals surface area contributed by atoms with Gasteiger partial charge in [0.25, 0.3) is 0 Å². The minimum Gasteiger partial charge on any atom is -0.348 e. The number of rotatable bonds is 4. The molecular formula is C13H15BrN4OS. The van der Waals surface area contributed by atoms with Crippen LogP contribution >= 0.6 is 27.7 Å². The maximum absolute atomic E-state index is 11.8.